The molecule has 0 fully saturated rings. The molecule has 0 aromatic heterocycles. The fourth-order valence-corrected chi connectivity index (χ4v) is 2.47. The van der Waals surface area contributed by atoms with Crippen molar-refractivity contribution in [2.75, 3.05) is 20.6 Å². The van der Waals surface area contributed by atoms with E-state index in [1.165, 1.54) is 12.6 Å². The molecule has 0 aliphatic heterocycles. The fraction of sp³-hybridized carbons (Fsp3) is 0.500. The number of amides is 3. The molecule has 1 aromatic rings. The molecule has 0 heterocycles. The second kappa shape index (κ2) is 8.42. The topological polar surface area (TPSA) is 61.4 Å². The first kappa shape index (κ1) is 17.2. The molecule has 1 atom stereocenters. The minimum atomic E-state index is -0.467. The molecule has 0 bridgehead atoms. The van der Waals surface area contributed by atoms with Crippen LogP contribution < -0.4 is 10.6 Å². The van der Waals surface area contributed by atoms with Crippen molar-refractivity contribution in [3.05, 3.63) is 35.9 Å². The molecule has 0 saturated heterocycles. The van der Waals surface area contributed by atoms with E-state index in [4.69, 9.17) is 0 Å². The lowest BCUT2D eigenvalue weighted by atomic mass is 9.94. The van der Waals surface area contributed by atoms with Gasteiger partial charge in [0.05, 0.1) is 0 Å². The third-order valence-electron chi connectivity index (χ3n) is 3.42. The molecule has 5 heteroatoms. The number of hydrogen-bond acceptors (Lipinski definition) is 3. The lowest BCUT2D eigenvalue weighted by molar-refractivity contribution is -0.120. The first-order chi connectivity index (χ1) is 9.95. The smallest absolute Gasteiger partial charge is 0.321 e. The lowest BCUT2D eigenvalue weighted by Crippen LogP contribution is -2.39. The second-order valence-corrected chi connectivity index (χ2v) is 5.46. The van der Waals surface area contributed by atoms with Crippen LogP contribution in [0.4, 0.5) is 4.79 Å². The van der Waals surface area contributed by atoms with Gasteiger partial charge in [0.2, 0.25) is 5.91 Å². The van der Waals surface area contributed by atoms with E-state index in [-0.39, 0.29) is 11.9 Å². The first-order valence-corrected chi connectivity index (χ1v) is 7.22. The van der Waals surface area contributed by atoms with Gasteiger partial charge >= 0.3 is 6.03 Å². The molecular formula is C16H25N3O2. The summed E-state index contributed by atoms with van der Waals surface area (Å²) in [4.78, 5) is 24.9. The van der Waals surface area contributed by atoms with Crippen molar-refractivity contribution in [2.45, 2.75) is 26.3 Å². The quantitative estimate of drug-likeness (QED) is 0.844. The number of hydrogen-bond donors (Lipinski definition) is 2. The molecule has 0 aliphatic rings. The maximum atomic E-state index is 11.6. The molecule has 2 N–H and O–H groups in total. The van der Waals surface area contributed by atoms with E-state index >= 15 is 0 Å². The van der Waals surface area contributed by atoms with Crippen LogP contribution in [-0.4, -0.2) is 37.5 Å². The van der Waals surface area contributed by atoms with Crippen molar-refractivity contribution < 1.29 is 9.59 Å². The summed E-state index contributed by atoms with van der Waals surface area (Å²) in [6.07, 6.45) is 0.292. The van der Waals surface area contributed by atoms with Crippen LogP contribution in [0.5, 0.6) is 0 Å². The number of carbonyl (C=O) groups is 2. The summed E-state index contributed by atoms with van der Waals surface area (Å²) in [7, 11) is 3.49. The summed E-state index contributed by atoms with van der Waals surface area (Å²) in [5, 5.41) is 4.64. The molecule has 5 nitrogen and oxygen atoms in total. The predicted molar refractivity (Wildman–Crippen MR) is 83.9 cm³/mol. The largest absolute Gasteiger partial charge is 0.341 e. The SMILES string of the molecule is CNC(=O)NC(=O)CCN(C)C(c1ccccc1)C(C)C. The molecule has 3 amide bonds. The van der Waals surface area contributed by atoms with E-state index in [0.29, 0.717) is 18.9 Å². The van der Waals surface area contributed by atoms with Crippen molar-refractivity contribution in [3.63, 3.8) is 0 Å². The van der Waals surface area contributed by atoms with Crippen LogP contribution in [0.15, 0.2) is 30.3 Å². The van der Waals surface area contributed by atoms with Gasteiger partial charge in [-0.15, -0.1) is 0 Å². The molecule has 0 aliphatic carbocycles. The summed E-state index contributed by atoms with van der Waals surface area (Å²) in [6.45, 7) is 4.93. The van der Waals surface area contributed by atoms with E-state index in [2.05, 4.69) is 41.5 Å². The highest BCUT2D eigenvalue weighted by molar-refractivity contribution is 5.94. The summed E-state index contributed by atoms with van der Waals surface area (Å²) < 4.78 is 0. The van der Waals surface area contributed by atoms with Crippen molar-refractivity contribution >= 4 is 11.9 Å². The summed E-state index contributed by atoms with van der Waals surface area (Å²) in [5.74, 6) is 0.163. The molecule has 0 spiro atoms. The van der Waals surface area contributed by atoms with Crippen molar-refractivity contribution in [3.8, 4) is 0 Å². The van der Waals surface area contributed by atoms with Crippen LogP contribution in [-0.2, 0) is 4.79 Å². The van der Waals surface area contributed by atoms with Crippen LogP contribution in [0.3, 0.4) is 0 Å². The van der Waals surface area contributed by atoms with E-state index in [1.54, 1.807) is 0 Å². The van der Waals surface area contributed by atoms with Crippen LogP contribution in [0.25, 0.3) is 0 Å². The van der Waals surface area contributed by atoms with Crippen LogP contribution in [0.2, 0.25) is 0 Å². The minimum Gasteiger partial charge on any atom is -0.341 e. The number of nitrogens with zero attached hydrogens (tertiary/aromatic N) is 1. The van der Waals surface area contributed by atoms with Crippen LogP contribution >= 0.6 is 0 Å². The third-order valence-corrected chi connectivity index (χ3v) is 3.42. The van der Waals surface area contributed by atoms with Gasteiger partial charge in [0, 0.05) is 26.1 Å². The maximum absolute atomic E-state index is 11.6. The molecule has 1 rings (SSSR count). The van der Waals surface area contributed by atoms with Crippen molar-refractivity contribution in [2.24, 2.45) is 5.92 Å². The minimum absolute atomic E-state index is 0.249. The number of benzene rings is 1. The zero-order valence-corrected chi connectivity index (χ0v) is 13.2. The van der Waals surface area contributed by atoms with Gasteiger partial charge in [-0.05, 0) is 18.5 Å². The Balaban J connectivity index is 2.61. The monoisotopic (exact) mass is 291 g/mol. The third kappa shape index (κ3) is 5.55. The van der Waals surface area contributed by atoms with Crippen molar-refractivity contribution in [1.82, 2.24) is 15.5 Å². The van der Waals surface area contributed by atoms with Gasteiger partial charge in [-0.2, -0.15) is 0 Å². The number of carbonyl (C=O) groups excluding carboxylic acids is 2. The van der Waals surface area contributed by atoms with Gasteiger partial charge in [0.25, 0.3) is 0 Å². The standard InChI is InChI=1S/C16H25N3O2/c1-12(2)15(13-8-6-5-7-9-13)19(4)11-10-14(20)18-16(21)17-3/h5-9,12,15H,10-11H2,1-4H3,(H2,17,18,20,21). The van der Waals surface area contributed by atoms with Crippen LogP contribution in [0, 0.1) is 5.92 Å². The molecule has 0 radical (unpaired) electrons. The Bertz CT molecular complexity index is 460. The Hall–Kier alpha value is -1.88. The maximum Gasteiger partial charge on any atom is 0.321 e. The first-order valence-electron chi connectivity index (χ1n) is 7.22. The molecule has 0 saturated carbocycles. The fourth-order valence-electron chi connectivity index (χ4n) is 2.47. The molecule has 1 aromatic carbocycles. The zero-order chi connectivity index (χ0) is 15.8. The molecule has 116 valence electrons. The summed E-state index contributed by atoms with van der Waals surface area (Å²) >= 11 is 0. The highest BCUT2D eigenvalue weighted by Crippen LogP contribution is 2.27. The number of nitrogens with one attached hydrogen (secondary N) is 2. The molecule has 21 heavy (non-hydrogen) atoms. The van der Waals surface area contributed by atoms with Gasteiger partial charge < -0.3 is 5.32 Å². The summed E-state index contributed by atoms with van der Waals surface area (Å²) in [5.41, 5.74) is 1.24. The molecular weight excluding hydrogens is 266 g/mol. The van der Waals surface area contributed by atoms with Gasteiger partial charge in [-0.3, -0.25) is 15.0 Å². The Morgan fingerprint density at radius 3 is 2.33 bits per heavy atom. The Labute approximate surface area is 126 Å². The normalized spacial score (nSPS) is 12.3. The molecule has 1 unspecified atom stereocenters. The number of urea groups is 1. The average molecular weight is 291 g/mol. The summed E-state index contributed by atoms with van der Waals surface area (Å²) in [6, 6.07) is 10.0. The Morgan fingerprint density at radius 1 is 1.19 bits per heavy atom. The van der Waals surface area contributed by atoms with Gasteiger partial charge in [-0.1, -0.05) is 44.2 Å². The number of imide groups is 1. The Morgan fingerprint density at radius 2 is 1.81 bits per heavy atom. The lowest BCUT2D eigenvalue weighted by Gasteiger charge is -2.31. The van der Waals surface area contributed by atoms with E-state index in [9.17, 15) is 9.59 Å². The van der Waals surface area contributed by atoms with E-state index < -0.39 is 6.03 Å². The van der Waals surface area contributed by atoms with Crippen LogP contribution in [0.1, 0.15) is 31.9 Å². The second-order valence-electron chi connectivity index (χ2n) is 5.46. The van der Waals surface area contributed by atoms with Gasteiger partial charge in [0.1, 0.15) is 0 Å². The predicted octanol–water partition coefficient (Wildman–Crippen LogP) is 2.16. The van der Waals surface area contributed by atoms with E-state index in [0.717, 1.165) is 0 Å². The van der Waals surface area contributed by atoms with Gasteiger partial charge in [-0.25, -0.2) is 4.79 Å². The number of rotatable bonds is 6. The van der Waals surface area contributed by atoms with E-state index in [1.807, 2.05) is 25.2 Å². The Kier molecular flexibility index (Phi) is 6.88. The highest BCUT2D eigenvalue weighted by Gasteiger charge is 2.21. The van der Waals surface area contributed by atoms with Crippen molar-refractivity contribution in [1.29, 1.82) is 0 Å². The average Bonchev–Trinajstić information content (AvgIpc) is 2.46. The zero-order valence-electron chi connectivity index (χ0n) is 13.2. The van der Waals surface area contributed by atoms with Gasteiger partial charge in [0.15, 0.2) is 0 Å². The highest BCUT2D eigenvalue weighted by atomic mass is 16.2.